The van der Waals surface area contributed by atoms with Crippen LogP contribution in [0, 0.1) is 0 Å². The lowest BCUT2D eigenvalue weighted by Gasteiger charge is -2.10. The van der Waals surface area contributed by atoms with Crippen LogP contribution in [0.3, 0.4) is 0 Å². The molecule has 144 valence electrons. The molecule has 2 aromatic carbocycles. The maximum Gasteiger partial charge on any atom is 0.291 e. The third-order valence-electron chi connectivity index (χ3n) is 3.89. The number of fused-ring (bicyclic) bond motifs is 1. The Labute approximate surface area is 174 Å². The molecular formula is C19H13N5O3S2. The predicted octanol–water partition coefficient (Wildman–Crippen LogP) is 3.66. The number of benzene rings is 2. The third-order valence-corrected chi connectivity index (χ3v) is 4.65. The van der Waals surface area contributed by atoms with E-state index in [9.17, 15) is 9.59 Å². The average Bonchev–Trinajstić information content (AvgIpc) is 3.40. The number of hydrogen-bond acceptors (Lipinski definition) is 7. The second-order valence-electron chi connectivity index (χ2n) is 5.88. The largest absolute Gasteiger partial charge is 0.459 e. The summed E-state index contributed by atoms with van der Waals surface area (Å²) in [5, 5.41) is 8.42. The fourth-order valence-electron chi connectivity index (χ4n) is 2.50. The first-order valence-corrected chi connectivity index (χ1v) is 9.52. The van der Waals surface area contributed by atoms with E-state index >= 15 is 0 Å². The molecule has 2 aromatic heterocycles. The Morgan fingerprint density at radius 2 is 1.62 bits per heavy atom. The van der Waals surface area contributed by atoms with Crippen molar-refractivity contribution < 1.29 is 14.0 Å². The summed E-state index contributed by atoms with van der Waals surface area (Å²) in [6.07, 6.45) is 1.43. The van der Waals surface area contributed by atoms with Crippen LogP contribution >= 0.6 is 23.9 Å². The Bertz CT molecular complexity index is 1190. The van der Waals surface area contributed by atoms with Gasteiger partial charge in [-0.1, -0.05) is 0 Å². The average molecular weight is 423 g/mol. The van der Waals surface area contributed by atoms with E-state index in [2.05, 4.69) is 24.7 Å². The van der Waals surface area contributed by atoms with Crippen molar-refractivity contribution in [2.24, 2.45) is 0 Å². The Morgan fingerprint density at radius 1 is 0.897 bits per heavy atom. The molecule has 0 atom stereocenters. The van der Waals surface area contributed by atoms with E-state index < -0.39 is 0 Å². The van der Waals surface area contributed by atoms with Gasteiger partial charge in [0.15, 0.2) is 10.9 Å². The van der Waals surface area contributed by atoms with Crippen LogP contribution in [0.25, 0.3) is 11.0 Å². The molecule has 2 heterocycles. The van der Waals surface area contributed by atoms with E-state index in [1.807, 2.05) is 0 Å². The molecule has 29 heavy (non-hydrogen) atoms. The molecule has 0 aliphatic carbocycles. The van der Waals surface area contributed by atoms with Crippen LogP contribution in [0.2, 0.25) is 0 Å². The van der Waals surface area contributed by atoms with Gasteiger partial charge in [-0.3, -0.25) is 14.9 Å². The van der Waals surface area contributed by atoms with Crippen molar-refractivity contribution in [1.82, 2.24) is 14.1 Å². The Kier molecular flexibility index (Phi) is 5.27. The molecule has 0 unspecified atom stereocenters. The molecule has 0 saturated heterocycles. The molecule has 10 heteroatoms. The first-order valence-electron chi connectivity index (χ1n) is 8.38. The number of thiocarbonyl (C=S) groups is 1. The van der Waals surface area contributed by atoms with Gasteiger partial charge in [0.2, 0.25) is 0 Å². The normalized spacial score (nSPS) is 10.5. The molecule has 0 aliphatic rings. The topological polar surface area (TPSA) is 109 Å². The molecule has 3 N–H and O–H groups in total. The molecular weight excluding hydrogens is 410 g/mol. The number of amides is 2. The first-order chi connectivity index (χ1) is 14.1. The maximum absolute atomic E-state index is 12.4. The SMILES string of the molecule is O=C(NC(=S)Nc1ccc(NC(=O)c2ccco2)cc1)c1ccc2nsnc2c1. The zero-order chi connectivity index (χ0) is 20.2. The quantitative estimate of drug-likeness (QED) is 0.430. The number of anilines is 2. The summed E-state index contributed by atoms with van der Waals surface area (Å²) >= 11 is 6.29. The van der Waals surface area contributed by atoms with Crippen molar-refractivity contribution in [2.75, 3.05) is 10.6 Å². The van der Waals surface area contributed by atoms with Gasteiger partial charge in [-0.25, -0.2) is 0 Å². The van der Waals surface area contributed by atoms with Gasteiger partial charge in [0.05, 0.1) is 18.0 Å². The fourth-order valence-corrected chi connectivity index (χ4v) is 3.23. The maximum atomic E-state index is 12.4. The lowest BCUT2D eigenvalue weighted by Crippen LogP contribution is -2.34. The summed E-state index contributed by atoms with van der Waals surface area (Å²) in [4.78, 5) is 24.3. The molecule has 0 fully saturated rings. The summed E-state index contributed by atoms with van der Waals surface area (Å²) in [6, 6.07) is 15.1. The van der Waals surface area contributed by atoms with Crippen LogP contribution in [0.4, 0.5) is 11.4 Å². The number of carbonyl (C=O) groups excluding carboxylic acids is 2. The van der Waals surface area contributed by atoms with Gasteiger partial charge in [0.1, 0.15) is 11.0 Å². The number of rotatable bonds is 4. The van der Waals surface area contributed by atoms with E-state index in [0.29, 0.717) is 22.5 Å². The summed E-state index contributed by atoms with van der Waals surface area (Å²) in [7, 11) is 0. The van der Waals surface area contributed by atoms with E-state index in [4.69, 9.17) is 16.6 Å². The zero-order valence-corrected chi connectivity index (χ0v) is 16.3. The van der Waals surface area contributed by atoms with Crippen LogP contribution in [0.5, 0.6) is 0 Å². The summed E-state index contributed by atoms with van der Waals surface area (Å²) in [5.41, 5.74) is 3.09. The Balaban J connectivity index is 1.34. The lowest BCUT2D eigenvalue weighted by molar-refractivity contribution is 0.0975. The van der Waals surface area contributed by atoms with Gasteiger partial charge in [-0.05, 0) is 66.8 Å². The van der Waals surface area contributed by atoms with E-state index in [1.54, 1.807) is 54.6 Å². The van der Waals surface area contributed by atoms with Gasteiger partial charge in [-0.2, -0.15) is 8.75 Å². The molecule has 0 aliphatic heterocycles. The monoisotopic (exact) mass is 423 g/mol. The minimum Gasteiger partial charge on any atom is -0.459 e. The zero-order valence-electron chi connectivity index (χ0n) is 14.7. The second-order valence-corrected chi connectivity index (χ2v) is 6.82. The van der Waals surface area contributed by atoms with Crippen LogP contribution in [0.1, 0.15) is 20.9 Å². The molecule has 0 radical (unpaired) electrons. The standard InChI is InChI=1S/C19H13N5O3S2/c25-17(11-3-8-14-15(10-11)24-29-23-14)22-19(28)21-13-6-4-12(5-7-13)20-18(26)16-2-1-9-27-16/h1-10H,(H,20,26)(H2,21,22,25,28). The highest BCUT2D eigenvalue weighted by Gasteiger charge is 2.11. The molecule has 4 rings (SSSR count). The van der Waals surface area contributed by atoms with E-state index in [0.717, 1.165) is 17.2 Å². The molecule has 8 nitrogen and oxygen atoms in total. The van der Waals surface area contributed by atoms with Gasteiger partial charge in [0, 0.05) is 16.9 Å². The van der Waals surface area contributed by atoms with Crippen LogP contribution in [0.15, 0.2) is 65.3 Å². The van der Waals surface area contributed by atoms with E-state index in [-0.39, 0.29) is 22.7 Å². The fraction of sp³-hybridized carbons (Fsp3) is 0. The second kappa shape index (κ2) is 8.17. The van der Waals surface area contributed by atoms with Crippen LogP contribution in [-0.2, 0) is 0 Å². The first kappa shape index (κ1) is 18.7. The van der Waals surface area contributed by atoms with Gasteiger partial charge >= 0.3 is 0 Å². The molecule has 0 bridgehead atoms. The van der Waals surface area contributed by atoms with Crippen molar-refractivity contribution >= 4 is 63.3 Å². The lowest BCUT2D eigenvalue weighted by atomic mass is 10.2. The smallest absolute Gasteiger partial charge is 0.291 e. The number of furan rings is 1. The highest BCUT2D eigenvalue weighted by molar-refractivity contribution is 7.80. The molecule has 0 saturated carbocycles. The van der Waals surface area contributed by atoms with Crippen molar-refractivity contribution in [3.05, 3.63) is 72.2 Å². The van der Waals surface area contributed by atoms with Crippen LogP contribution < -0.4 is 16.0 Å². The number of carbonyl (C=O) groups is 2. The Morgan fingerprint density at radius 3 is 2.34 bits per heavy atom. The van der Waals surface area contributed by atoms with E-state index in [1.165, 1.54) is 6.26 Å². The molecule has 4 aromatic rings. The van der Waals surface area contributed by atoms with Crippen molar-refractivity contribution in [3.8, 4) is 0 Å². The number of aromatic nitrogens is 2. The number of hydrogen-bond donors (Lipinski definition) is 3. The highest BCUT2D eigenvalue weighted by Crippen LogP contribution is 2.16. The number of nitrogens with one attached hydrogen (secondary N) is 3. The van der Waals surface area contributed by atoms with Crippen molar-refractivity contribution in [3.63, 3.8) is 0 Å². The highest BCUT2D eigenvalue weighted by atomic mass is 32.1. The van der Waals surface area contributed by atoms with Crippen molar-refractivity contribution in [2.45, 2.75) is 0 Å². The number of nitrogens with zero attached hydrogens (tertiary/aromatic N) is 2. The van der Waals surface area contributed by atoms with Gasteiger partial charge in [0.25, 0.3) is 11.8 Å². The molecule has 0 spiro atoms. The summed E-state index contributed by atoms with van der Waals surface area (Å²) < 4.78 is 13.3. The molecule has 2 amide bonds. The third kappa shape index (κ3) is 4.45. The Hall–Kier alpha value is -3.63. The minimum absolute atomic E-state index is 0.152. The van der Waals surface area contributed by atoms with Gasteiger partial charge in [-0.15, -0.1) is 0 Å². The van der Waals surface area contributed by atoms with Crippen molar-refractivity contribution in [1.29, 1.82) is 0 Å². The van der Waals surface area contributed by atoms with Crippen LogP contribution in [-0.4, -0.2) is 25.7 Å². The van der Waals surface area contributed by atoms with Gasteiger partial charge < -0.3 is 15.1 Å². The minimum atomic E-state index is -0.347. The summed E-state index contributed by atoms with van der Waals surface area (Å²) in [6.45, 7) is 0. The predicted molar refractivity (Wildman–Crippen MR) is 114 cm³/mol. The summed E-state index contributed by atoms with van der Waals surface area (Å²) in [5.74, 6) is -0.465.